The minimum Gasteiger partial charge on any atom is -0.379 e. The molecule has 1 aromatic carbocycles. The number of anilines is 1. The number of urea groups is 1. The predicted octanol–water partition coefficient (Wildman–Crippen LogP) is 2.16. The van der Waals surface area contributed by atoms with E-state index in [4.69, 9.17) is 4.74 Å². The second-order valence-electron chi connectivity index (χ2n) is 8.19. The Labute approximate surface area is 167 Å². The average Bonchev–Trinajstić information content (AvgIpc) is 2.73. The van der Waals surface area contributed by atoms with Crippen LogP contribution in [-0.2, 0) is 9.53 Å². The summed E-state index contributed by atoms with van der Waals surface area (Å²) in [7, 11) is 0. The highest BCUT2D eigenvalue weighted by Gasteiger charge is 2.31. The van der Waals surface area contributed by atoms with E-state index < -0.39 is 0 Å². The summed E-state index contributed by atoms with van der Waals surface area (Å²) < 4.78 is 5.42. The fraction of sp³-hybridized carbons (Fsp3) is 0.619. The number of nitrogens with one attached hydrogen (secondary N) is 2. The maximum Gasteiger partial charge on any atom is 0.321 e. The molecule has 7 heteroatoms. The number of benzene rings is 1. The summed E-state index contributed by atoms with van der Waals surface area (Å²) in [5.41, 5.74) is 0.702. The van der Waals surface area contributed by atoms with Crippen LogP contribution in [0.15, 0.2) is 30.3 Å². The molecule has 28 heavy (non-hydrogen) atoms. The summed E-state index contributed by atoms with van der Waals surface area (Å²) in [6.45, 7) is 9.45. The summed E-state index contributed by atoms with van der Waals surface area (Å²) in [5.74, 6) is 0.0747. The topological polar surface area (TPSA) is 73.9 Å². The fourth-order valence-corrected chi connectivity index (χ4v) is 3.80. The quantitative estimate of drug-likeness (QED) is 0.811. The minimum atomic E-state index is -0.0986. The van der Waals surface area contributed by atoms with Crippen LogP contribution < -0.4 is 10.6 Å². The van der Waals surface area contributed by atoms with Gasteiger partial charge >= 0.3 is 6.03 Å². The van der Waals surface area contributed by atoms with Gasteiger partial charge in [-0.05, 0) is 38.8 Å². The molecular formula is C21H32N4O3. The second kappa shape index (κ2) is 9.39. The van der Waals surface area contributed by atoms with Crippen LogP contribution in [0.1, 0.15) is 26.7 Å². The number of nitrogens with zero attached hydrogens (tertiary/aromatic N) is 2. The Hall–Kier alpha value is -2.12. The Bertz CT molecular complexity index is 651. The molecule has 3 rings (SSSR count). The predicted molar refractivity (Wildman–Crippen MR) is 109 cm³/mol. The number of hydrogen-bond acceptors (Lipinski definition) is 4. The van der Waals surface area contributed by atoms with Gasteiger partial charge in [-0.2, -0.15) is 0 Å². The van der Waals surface area contributed by atoms with Crippen LogP contribution in [0.4, 0.5) is 10.5 Å². The van der Waals surface area contributed by atoms with Crippen LogP contribution in [0.2, 0.25) is 0 Å². The highest BCUT2D eigenvalue weighted by Crippen LogP contribution is 2.20. The summed E-state index contributed by atoms with van der Waals surface area (Å²) in [4.78, 5) is 29.2. The molecule has 3 amide bonds. The summed E-state index contributed by atoms with van der Waals surface area (Å²) in [5, 5.41) is 6.04. The molecule has 2 fully saturated rings. The highest BCUT2D eigenvalue weighted by atomic mass is 16.5. The van der Waals surface area contributed by atoms with Crippen molar-refractivity contribution in [3.05, 3.63) is 30.3 Å². The van der Waals surface area contributed by atoms with Crippen LogP contribution in [0.25, 0.3) is 0 Å². The molecule has 7 nitrogen and oxygen atoms in total. The zero-order valence-electron chi connectivity index (χ0n) is 16.9. The molecule has 0 spiro atoms. The molecule has 0 aromatic heterocycles. The zero-order valence-corrected chi connectivity index (χ0v) is 16.9. The zero-order chi connectivity index (χ0) is 20.0. The number of para-hydroxylation sites is 1. The van der Waals surface area contributed by atoms with E-state index in [0.29, 0.717) is 32.5 Å². The van der Waals surface area contributed by atoms with Crippen LogP contribution >= 0.6 is 0 Å². The van der Waals surface area contributed by atoms with Gasteiger partial charge in [0.05, 0.1) is 13.2 Å². The van der Waals surface area contributed by atoms with Gasteiger partial charge in [-0.3, -0.25) is 9.69 Å². The van der Waals surface area contributed by atoms with E-state index in [1.807, 2.05) is 30.3 Å². The van der Waals surface area contributed by atoms with Gasteiger partial charge in [0, 0.05) is 49.9 Å². The first-order chi connectivity index (χ1) is 13.5. The largest absolute Gasteiger partial charge is 0.379 e. The third kappa shape index (κ3) is 5.45. The molecule has 0 atom stereocenters. The third-order valence-electron chi connectivity index (χ3n) is 5.74. The Morgan fingerprint density at radius 3 is 2.36 bits per heavy atom. The molecule has 0 bridgehead atoms. The van der Waals surface area contributed by atoms with E-state index in [1.165, 1.54) is 0 Å². The first kappa shape index (κ1) is 20.6. The average molecular weight is 389 g/mol. The molecule has 1 aromatic rings. The van der Waals surface area contributed by atoms with Gasteiger partial charge in [-0.25, -0.2) is 4.79 Å². The van der Waals surface area contributed by atoms with E-state index in [0.717, 1.165) is 32.0 Å². The molecular weight excluding hydrogens is 356 g/mol. The van der Waals surface area contributed by atoms with Crippen molar-refractivity contribution in [2.24, 2.45) is 5.92 Å². The van der Waals surface area contributed by atoms with Crippen molar-refractivity contribution in [2.75, 3.05) is 51.3 Å². The van der Waals surface area contributed by atoms with E-state index in [1.54, 1.807) is 4.90 Å². The van der Waals surface area contributed by atoms with Gasteiger partial charge in [0.1, 0.15) is 0 Å². The Morgan fingerprint density at radius 2 is 1.71 bits per heavy atom. The second-order valence-corrected chi connectivity index (χ2v) is 8.19. The number of carbonyl (C=O) groups excluding carboxylic acids is 2. The number of amides is 3. The molecule has 2 aliphatic rings. The van der Waals surface area contributed by atoms with Crippen molar-refractivity contribution in [1.82, 2.24) is 15.1 Å². The molecule has 154 valence electrons. The van der Waals surface area contributed by atoms with Gasteiger partial charge in [-0.15, -0.1) is 0 Å². The number of rotatable bonds is 5. The van der Waals surface area contributed by atoms with Crippen molar-refractivity contribution in [3.63, 3.8) is 0 Å². The van der Waals surface area contributed by atoms with E-state index in [2.05, 4.69) is 29.4 Å². The fourth-order valence-electron chi connectivity index (χ4n) is 3.80. The number of piperidine rings is 1. The van der Waals surface area contributed by atoms with Gasteiger partial charge in [-0.1, -0.05) is 18.2 Å². The SMILES string of the molecule is CC(C)(CNC(=O)C1CCN(C(=O)Nc2ccccc2)CC1)N1CCOCC1. The number of morpholine rings is 1. The number of ether oxygens (including phenoxy) is 1. The van der Waals surface area contributed by atoms with Gasteiger partial charge in [0.15, 0.2) is 0 Å². The first-order valence-corrected chi connectivity index (χ1v) is 10.2. The van der Waals surface area contributed by atoms with Gasteiger partial charge < -0.3 is 20.3 Å². The maximum atomic E-state index is 12.6. The van der Waals surface area contributed by atoms with E-state index in [9.17, 15) is 9.59 Å². The maximum absolute atomic E-state index is 12.6. The number of carbonyl (C=O) groups is 2. The van der Waals surface area contributed by atoms with E-state index >= 15 is 0 Å². The lowest BCUT2D eigenvalue weighted by atomic mass is 9.95. The van der Waals surface area contributed by atoms with Crippen LogP contribution in [0, 0.1) is 5.92 Å². The lowest BCUT2D eigenvalue weighted by Gasteiger charge is -2.41. The third-order valence-corrected chi connectivity index (χ3v) is 5.74. The van der Waals surface area contributed by atoms with Gasteiger partial charge in [0.2, 0.25) is 5.91 Å². The molecule has 0 saturated carbocycles. The molecule has 2 aliphatic heterocycles. The standard InChI is InChI=1S/C21H32N4O3/c1-21(2,25-12-14-28-15-13-25)16-22-19(26)17-8-10-24(11-9-17)20(27)23-18-6-4-3-5-7-18/h3-7,17H,8-16H2,1-2H3,(H,22,26)(H,23,27). The number of hydrogen-bond donors (Lipinski definition) is 2. The highest BCUT2D eigenvalue weighted by molar-refractivity contribution is 5.89. The van der Waals surface area contributed by atoms with Crippen molar-refractivity contribution in [2.45, 2.75) is 32.2 Å². The lowest BCUT2D eigenvalue weighted by Crippen LogP contribution is -2.56. The minimum absolute atomic E-state index is 0.0266. The number of likely N-dealkylation sites (tertiary alicyclic amines) is 1. The molecule has 2 saturated heterocycles. The summed E-state index contributed by atoms with van der Waals surface area (Å²) in [6, 6.07) is 9.34. The van der Waals surface area contributed by atoms with Crippen LogP contribution in [-0.4, -0.2) is 73.2 Å². The Kier molecular flexibility index (Phi) is 6.91. The summed E-state index contributed by atoms with van der Waals surface area (Å²) in [6.07, 6.45) is 1.40. The Morgan fingerprint density at radius 1 is 1.07 bits per heavy atom. The Balaban J connectivity index is 1.41. The monoisotopic (exact) mass is 388 g/mol. The molecule has 2 N–H and O–H groups in total. The molecule has 0 radical (unpaired) electrons. The summed E-state index contributed by atoms with van der Waals surface area (Å²) >= 11 is 0. The smallest absolute Gasteiger partial charge is 0.321 e. The van der Waals surface area contributed by atoms with Crippen LogP contribution in [0.5, 0.6) is 0 Å². The lowest BCUT2D eigenvalue weighted by molar-refractivity contribution is -0.127. The van der Waals surface area contributed by atoms with Crippen molar-refractivity contribution >= 4 is 17.6 Å². The van der Waals surface area contributed by atoms with E-state index in [-0.39, 0.29) is 23.4 Å². The van der Waals surface area contributed by atoms with Crippen molar-refractivity contribution < 1.29 is 14.3 Å². The van der Waals surface area contributed by atoms with Crippen molar-refractivity contribution in [3.8, 4) is 0 Å². The van der Waals surface area contributed by atoms with Crippen molar-refractivity contribution in [1.29, 1.82) is 0 Å². The van der Waals surface area contributed by atoms with Crippen LogP contribution in [0.3, 0.4) is 0 Å². The molecule has 0 unspecified atom stereocenters. The molecule has 2 heterocycles. The normalized spacial score (nSPS) is 19.3. The molecule has 0 aliphatic carbocycles. The van der Waals surface area contributed by atoms with Gasteiger partial charge in [0.25, 0.3) is 0 Å². The first-order valence-electron chi connectivity index (χ1n) is 10.2.